The Balaban J connectivity index is 1.90. The van der Waals surface area contributed by atoms with E-state index in [0.717, 1.165) is 17.0 Å². The minimum Gasteiger partial charge on any atom is -0.480 e. The highest BCUT2D eigenvalue weighted by molar-refractivity contribution is 5.91. The van der Waals surface area contributed by atoms with Crippen molar-refractivity contribution in [3.8, 4) is 5.75 Å². The summed E-state index contributed by atoms with van der Waals surface area (Å²) in [5.41, 5.74) is 3.38. The Hall–Kier alpha value is -2.34. The Kier molecular flexibility index (Phi) is 5.16. The average Bonchev–Trinajstić information content (AvgIpc) is 2.72. The number of carbonyl (C=O) groups excluding carboxylic acids is 1. The molecule has 118 valence electrons. The number of hydrogen-bond donors (Lipinski definition) is 2. The Labute approximate surface area is 129 Å². The van der Waals surface area contributed by atoms with Gasteiger partial charge in [-0.15, -0.1) is 0 Å². The maximum atomic E-state index is 11.9. The lowest BCUT2D eigenvalue weighted by atomic mass is 10.1. The third-order valence-corrected chi connectivity index (χ3v) is 3.43. The number of aryl methyl sites for hydroxylation is 2. The minimum absolute atomic E-state index is 0.0637. The van der Waals surface area contributed by atoms with E-state index in [1.807, 2.05) is 45.2 Å². The molecule has 0 saturated heterocycles. The van der Waals surface area contributed by atoms with E-state index < -0.39 is 0 Å². The molecule has 1 heterocycles. The Morgan fingerprint density at radius 1 is 1.32 bits per heavy atom. The summed E-state index contributed by atoms with van der Waals surface area (Å²) in [5, 5.41) is 15.9. The SMILES string of the molecule is Cc1nn(C)c(C)c1OCC(=O)Nc1ccc(CCO)cc1. The van der Waals surface area contributed by atoms with Crippen molar-refractivity contribution in [3.63, 3.8) is 0 Å². The molecule has 0 aliphatic rings. The second-order valence-electron chi connectivity index (χ2n) is 5.13. The van der Waals surface area contributed by atoms with Crippen molar-refractivity contribution in [2.24, 2.45) is 7.05 Å². The first-order valence-electron chi connectivity index (χ1n) is 7.14. The van der Waals surface area contributed by atoms with Crippen LogP contribution in [-0.4, -0.2) is 34.0 Å². The normalized spacial score (nSPS) is 10.5. The Morgan fingerprint density at radius 3 is 2.55 bits per heavy atom. The monoisotopic (exact) mass is 303 g/mol. The second kappa shape index (κ2) is 7.09. The largest absolute Gasteiger partial charge is 0.480 e. The fourth-order valence-corrected chi connectivity index (χ4v) is 2.18. The first kappa shape index (κ1) is 16.0. The van der Waals surface area contributed by atoms with Crippen LogP contribution in [0.2, 0.25) is 0 Å². The molecule has 22 heavy (non-hydrogen) atoms. The summed E-state index contributed by atoms with van der Waals surface area (Å²) in [4.78, 5) is 11.9. The molecule has 0 radical (unpaired) electrons. The number of nitrogens with zero attached hydrogens (tertiary/aromatic N) is 2. The van der Waals surface area contributed by atoms with Gasteiger partial charge >= 0.3 is 0 Å². The number of amides is 1. The fraction of sp³-hybridized carbons (Fsp3) is 0.375. The number of benzene rings is 1. The van der Waals surface area contributed by atoms with Crippen molar-refractivity contribution in [1.29, 1.82) is 0 Å². The topological polar surface area (TPSA) is 76.4 Å². The summed E-state index contributed by atoms with van der Waals surface area (Å²) in [5.74, 6) is 0.425. The molecule has 0 aliphatic heterocycles. The number of aromatic nitrogens is 2. The molecule has 1 aromatic heterocycles. The van der Waals surface area contributed by atoms with Gasteiger partial charge in [0.25, 0.3) is 5.91 Å². The van der Waals surface area contributed by atoms with E-state index in [2.05, 4.69) is 10.4 Å². The van der Waals surface area contributed by atoms with Crippen LogP contribution in [0.15, 0.2) is 24.3 Å². The smallest absolute Gasteiger partial charge is 0.262 e. The van der Waals surface area contributed by atoms with Gasteiger partial charge in [0.05, 0.1) is 5.69 Å². The molecule has 6 nitrogen and oxygen atoms in total. The zero-order valence-corrected chi connectivity index (χ0v) is 13.1. The number of ether oxygens (including phenoxy) is 1. The van der Waals surface area contributed by atoms with E-state index >= 15 is 0 Å². The van der Waals surface area contributed by atoms with E-state index in [-0.39, 0.29) is 19.1 Å². The number of nitrogens with one attached hydrogen (secondary N) is 1. The number of rotatable bonds is 6. The third kappa shape index (κ3) is 3.85. The Bertz CT molecular complexity index is 647. The van der Waals surface area contributed by atoms with Crippen molar-refractivity contribution >= 4 is 11.6 Å². The number of hydrogen-bond acceptors (Lipinski definition) is 4. The first-order valence-corrected chi connectivity index (χ1v) is 7.14. The molecule has 0 bridgehead atoms. The lowest BCUT2D eigenvalue weighted by Gasteiger charge is -2.08. The van der Waals surface area contributed by atoms with Crippen LogP contribution in [0.25, 0.3) is 0 Å². The maximum Gasteiger partial charge on any atom is 0.262 e. The van der Waals surface area contributed by atoms with Crippen LogP contribution in [0, 0.1) is 13.8 Å². The molecule has 0 unspecified atom stereocenters. The molecule has 2 aromatic rings. The number of anilines is 1. The van der Waals surface area contributed by atoms with Crippen LogP contribution >= 0.6 is 0 Å². The predicted octanol–water partition coefficient (Wildman–Crippen LogP) is 1.59. The van der Waals surface area contributed by atoms with Crippen molar-refractivity contribution in [2.45, 2.75) is 20.3 Å². The Morgan fingerprint density at radius 2 is 2.00 bits per heavy atom. The van der Waals surface area contributed by atoms with Gasteiger partial charge in [-0.2, -0.15) is 5.10 Å². The molecule has 2 N–H and O–H groups in total. The summed E-state index contributed by atoms with van der Waals surface area (Å²) < 4.78 is 7.28. The van der Waals surface area contributed by atoms with E-state index in [1.165, 1.54) is 0 Å². The minimum atomic E-state index is -0.224. The number of aliphatic hydroxyl groups excluding tert-OH is 1. The fourth-order valence-electron chi connectivity index (χ4n) is 2.18. The molecule has 1 aromatic carbocycles. The van der Waals surface area contributed by atoms with Gasteiger partial charge in [0.1, 0.15) is 5.69 Å². The highest BCUT2D eigenvalue weighted by atomic mass is 16.5. The lowest BCUT2D eigenvalue weighted by Crippen LogP contribution is -2.20. The molecular weight excluding hydrogens is 282 g/mol. The molecule has 6 heteroatoms. The molecule has 0 saturated carbocycles. The van der Waals surface area contributed by atoms with E-state index in [9.17, 15) is 4.79 Å². The lowest BCUT2D eigenvalue weighted by molar-refractivity contribution is -0.118. The number of aliphatic hydroxyl groups is 1. The van der Waals surface area contributed by atoms with Crippen LogP contribution < -0.4 is 10.1 Å². The standard InChI is InChI=1S/C16H21N3O3/c1-11-16(12(2)19(3)18-11)22-10-15(21)17-14-6-4-13(5-7-14)8-9-20/h4-7,20H,8-10H2,1-3H3,(H,17,21). The molecule has 0 aliphatic carbocycles. The quantitative estimate of drug-likeness (QED) is 0.849. The van der Waals surface area contributed by atoms with Crippen LogP contribution in [0.3, 0.4) is 0 Å². The van der Waals surface area contributed by atoms with Gasteiger partial charge in [0.2, 0.25) is 0 Å². The molecule has 0 fully saturated rings. The van der Waals surface area contributed by atoms with Gasteiger partial charge in [-0.05, 0) is 38.0 Å². The van der Waals surface area contributed by atoms with Crippen LogP contribution in [-0.2, 0) is 18.3 Å². The zero-order valence-electron chi connectivity index (χ0n) is 13.1. The summed E-state index contributed by atoms with van der Waals surface area (Å²) in [6.45, 7) is 3.79. The first-order chi connectivity index (χ1) is 10.5. The van der Waals surface area contributed by atoms with Crippen molar-refractivity contribution in [1.82, 2.24) is 9.78 Å². The predicted molar refractivity (Wildman–Crippen MR) is 84.0 cm³/mol. The van der Waals surface area contributed by atoms with Gasteiger partial charge in [-0.1, -0.05) is 12.1 Å². The van der Waals surface area contributed by atoms with Crippen LogP contribution in [0.5, 0.6) is 5.75 Å². The van der Waals surface area contributed by atoms with Gasteiger partial charge in [-0.3, -0.25) is 9.48 Å². The summed E-state index contributed by atoms with van der Waals surface area (Å²) in [6.07, 6.45) is 0.608. The second-order valence-corrected chi connectivity index (χ2v) is 5.13. The van der Waals surface area contributed by atoms with Crippen molar-refractivity contribution < 1.29 is 14.6 Å². The van der Waals surface area contributed by atoms with Crippen molar-refractivity contribution in [3.05, 3.63) is 41.2 Å². The van der Waals surface area contributed by atoms with Crippen LogP contribution in [0.1, 0.15) is 17.0 Å². The van der Waals surface area contributed by atoms with E-state index in [4.69, 9.17) is 9.84 Å². The average molecular weight is 303 g/mol. The highest BCUT2D eigenvalue weighted by Gasteiger charge is 2.12. The summed E-state index contributed by atoms with van der Waals surface area (Å²) in [7, 11) is 1.84. The van der Waals surface area contributed by atoms with Gasteiger partial charge in [0, 0.05) is 19.3 Å². The molecule has 0 atom stereocenters. The van der Waals surface area contributed by atoms with Crippen molar-refractivity contribution in [2.75, 3.05) is 18.5 Å². The summed E-state index contributed by atoms with van der Waals surface area (Å²) >= 11 is 0. The van der Waals surface area contributed by atoms with E-state index in [0.29, 0.717) is 17.9 Å². The van der Waals surface area contributed by atoms with Gasteiger partial charge in [-0.25, -0.2) is 0 Å². The highest BCUT2D eigenvalue weighted by Crippen LogP contribution is 2.21. The molecule has 1 amide bonds. The van der Waals surface area contributed by atoms with Gasteiger partial charge < -0.3 is 15.2 Å². The molecule has 2 rings (SSSR count). The zero-order chi connectivity index (χ0) is 16.1. The van der Waals surface area contributed by atoms with Gasteiger partial charge in [0.15, 0.2) is 12.4 Å². The van der Waals surface area contributed by atoms with Crippen LogP contribution in [0.4, 0.5) is 5.69 Å². The summed E-state index contributed by atoms with van der Waals surface area (Å²) in [6, 6.07) is 7.37. The maximum absolute atomic E-state index is 11.9. The van der Waals surface area contributed by atoms with E-state index in [1.54, 1.807) is 4.68 Å². The molecular formula is C16H21N3O3. The number of carbonyl (C=O) groups is 1. The third-order valence-electron chi connectivity index (χ3n) is 3.43. The molecule has 0 spiro atoms.